The van der Waals surface area contributed by atoms with Crippen molar-refractivity contribution in [3.8, 4) is 0 Å². The number of hydrogen-bond acceptors (Lipinski definition) is 6. The average Bonchev–Trinajstić information content (AvgIpc) is 3.55. The lowest BCUT2D eigenvalue weighted by atomic mass is 9.89. The molecule has 234 valence electrons. The lowest BCUT2D eigenvalue weighted by molar-refractivity contribution is -0.136. The number of para-hydroxylation sites is 1. The molecular formula is C35H39N5O4S. The molecule has 0 aliphatic carbocycles. The van der Waals surface area contributed by atoms with Crippen LogP contribution in [0, 0.1) is 0 Å². The van der Waals surface area contributed by atoms with Crippen molar-refractivity contribution in [2.75, 3.05) is 39.3 Å². The molecule has 9 nitrogen and oxygen atoms in total. The zero-order valence-corrected chi connectivity index (χ0v) is 26.3. The fourth-order valence-corrected chi connectivity index (χ4v) is 8.12. The first-order valence-electron chi connectivity index (χ1n) is 15.6. The molecule has 10 heteroatoms. The van der Waals surface area contributed by atoms with Crippen LogP contribution in [0.15, 0.2) is 102 Å². The summed E-state index contributed by atoms with van der Waals surface area (Å²) in [6.07, 6.45) is 2.04. The van der Waals surface area contributed by atoms with E-state index in [1.807, 2.05) is 78.9 Å². The van der Waals surface area contributed by atoms with Crippen LogP contribution in [0.3, 0.4) is 0 Å². The maximum atomic E-state index is 14.3. The van der Waals surface area contributed by atoms with Crippen molar-refractivity contribution < 1.29 is 18.0 Å². The molecule has 1 N–H and O–H groups in total. The lowest BCUT2D eigenvalue weighted by Crippen LogP contribution is -2.62. The van der Waals surface area contributed by atoms with Gasteiger partial charge in [-0.2, -0.15) is 4.31 Å². The van der Waals surface area contributed by atoms with Crippen LogP contribution in [0.25, 0.3) is 10.9 Å². The zero-order chi connectivity index (χ0) is 31.4. The van der Waals surface area contributed by atoms with Crippen molar-refractivity contribution in [1.82, 2.24) is 24.4 Å². The van der Waals surface area contributed by atoms with Crippen LogP contribution in [0.1, 0.15) is 36.8 Å². The van der Waals surface area contributed by atoms with Gasteiger partial charge in [-0.3, -0.25) is 14.5 Å². The molecule has 4 aromatic rings. The second kappa shape index (κ2) is 13.5. The van der Waals surface area contributed by atoms with E-state index in [0.29, 0.717) is 12.1 Å². The summed E-state index contributed by atoms with van der Waals surface area (Å²) >= 11 is 0. The fourth-order valence-electron chi connectivity index (χ4n) is 6.61. The molecule has 2 atom stereocenters. The monoisotopic (exact) mass is 625 g/mol. The third kappa shape index (κ3) is 6.49. The maximum absolute atomic E-state index is 14.3. The first-order chi connectivity index (χ1) is 21.9. The Hall–Kier alpha value is -4.12. The second-order valence-corrected chi connectivity index (χ2v) is 13.5. The predicted molar refractivity (Wildman–Crippen MR) is 174 cm³/mol. The van der Waals surface area contributed by atoms with Gasteiger partial charge in [0, 0.05) is 37.6 Å². The number of aromatic nitrogens is 1. The van der Waals surface area contributed by atoms with Gasteiger partial charge in [0.2, 0.25) is 11.8 Å². The number of pyridine rings is 1. The minimum atomic E-state index is -4.16. The summed E-state index contributed by atoms with van der Waals surface area (Å²) in [7, 11) is -4.16. The van der Waals surface area contributed by atoms with Crippen LogP contribution in [0.4, 0.5) is 0 Å². The van der Waals surface area contributed by atoms with Gasteiger partial charge in [-0.1, -0.05) is 85.8 Å². The Kier molecular flexibility index (Phi) is 9.25. The standard InChI is InChI=1S/C35H39N5O4S/c1-2-38-21-11-17-29(38)24-36-34(41)31-25-39(35(42)33(27-13-5-3-6-14-27)28-15-7-4-8-16-28)22-23-40(31)45(43,44)32-20-19-26-12-9-10-18-30(26)37-32/h3-10,12-16,18-20,29,31,33H,2,11,17,21-25H2,1H3,(H,36,41). The predicted octanol–water partition coefficient (Wildman–Crippen LogP) is 3.87. The summed E-state index contributed by atoms with van der Waals surface area (Å²) in [4.78, 5) is 36.7. The highest BCUT2D eigenvalue weighted by Gasteiger charge is 2.43. The van der Waals surface area contributed by atoms with Crippen LogP contribution < -0.4 is 5.32 Å². The van der Waals surface area contributed by atoms with Gasteiger partial charge < -0.3 is 10.2 Å². The topological polar surface area (TPSA) is 103 Å². The Balaban J connectivity index is 1.31. The first-order valence-corrected chi connectivity index (χ1v) is 17.1. The number of likely N-dealkylation sites (N-methyl/N-ethyl adjacent to an activating group) is 1. The molecule has 2 aliphatic rings. The maximum Gasteiger partial charge on any atom is 0.261 e. The molecule has 0 radical (unpaired) electrons. The summed E-state index contributed by atoms with van der Waals surface area (Å²) < 4.78 is 29.5. The van der Waals surface area contributed by atoms with Gasteiger partial charge in [0.1, 0.15) is 6.04 Å². The number of rotatable bonds is 9. The first kappa shape index (κ1) is 30.9. The van der Waals surface area contributed by atoms with E-state index in [2.05, 4.69) is 22.1 Å². The Morgan fingerprint density at radius 1 is 0.867 bits per heavy atom. The Labute approximate surface area is 264 Å². The average molecular weight is 626 g/mol. The van der Waals surface area contributed by atoms with Gasteiger partial charge in [0.05, 0.1) is 11.4 Å². The highest BCUT2D eigenvalue weighted by molar-refractivity contribution is 7.89. The zero-order valence-electron chi connectivity index (χ0n) is 25.5. The molecular weight excluding hydrogens is 586 g/mol. The molecule has 2 aliphatic heterocycles. The Morgan fingerprint density at radius 3 is 2.22 bits per heavy atom. The molecule has 3 aromatic carbocycles. The van der Waals surface area contributed by atoms with Crippen molar-refractivity contribution in [3.63, 3.8) is 0 Å². The van der Waals surface area contributed by atoms with E-state index >= 15 is 0 Å². The smallest absolute Gasteiger partial charge is 0.261 e. The second-order valence-electron chi connectivity index (χ2n) is 11.7. The van der Waals surface area contributed by atoms with Crippen LogP contribution in [-0.2, 0) is 19.6 Å². The van der Waals surface area contributed by atoms with Crippen molar-refractivity contribution in [1.29, 1.82) is 0 Å². The number of nitrogens with one attached hydrogen (secondary N) is 1. The summed E-state index contributed by atoms with van der Waals surface area (Å²) in [5.74, 6) is -1.16. The lowest BCUT2D eigenvalue weighted by Gasteiger charge is -2.40. The van der Waals surface area contributed by atoms with E-state index in [-0.39, 0.29) is 36.6 Å². The molecule has 6 rings (SSSR count). The van der Waals surface area contributed by atoms with Gasteiger partial charge in [-0.25, -0.2) is 13.4 Å². The SMILES string of the molecule is CCN1CCCC1CNC(=O)C1CN(C(=O)C(c2ccccc2)c2ccccc2)CCN1S(=O)(=O)c1ccc2ccccc2n1. The van der Waals surface area contributed by atoms with Crippen LogP contribution >= 0.6 is 0 Å². The number of carbonyl (C=O) groups excluding carboxylic acids is 2. The van der Waals surface area contributed by atoms with Crippen molar-refractivity contribution in [3.05, 3.63) is 108 Å². The normalized spacial score (nSPS) is 19.6. The number of amides is 2. The van der Waals surface area contributed by atoms with E-state index < -0.39 is 27.9 Å². The number of hydrogen-bond donors (Lipinski definition) is 1. The molecule has 2 amide bonds. The summed E-state index contributed by atoms with van der Waals surface area (Å²) in [6.45, 7) is 4.47. The highest BCUT2D eigenvalue weighted by atomic mass is 32.2. The van der Waals surface area contributed by atoms with E-state index in [9.17, 15) is 18.0 Å². The van der Waals surface area contributed by atoms with Crippen LogP contribution in [0.5, 0.6) is 0 Å². The number of nitrogens with zero attached hydrogens (tertiary/aromatic N) is 4. The van der Waals surface area contributed by atoms with Gasteiger partial charge in [-0.15, -0.1) is 0 Å². The van der Waals surface area contributed by atoms with E-state index in [1.165, 1.54) is 10.4 Å². The number of fused-ring (bicyclic) bond motifs is 1. The van der Waals surface area contributed by atoms with E-state index in [4.69, 9.17) is 0 Å². The van der Waals surface area contributed by atoms with Gasteiger partial charge in [-0.05, 0) is 55.3 Å². The number of benzene rings is 3. The summed E-state index contributed by atoms with van der Waals surface area (Å²) in [6, 6.07) is 28.8. The van der Waals surface area contributed by atoms with E-state index in [1.54, 1.807) is 17.0 Å². The van der Waals surface area contributed by atoms with Gasteiger partial charge in [0.15, 0.2) is 5.03 Å². The molecule has 3 heterocycles. The van der Waals surface area contributed by atoms with E-state index in [0.717, 1.165) is 42.4 Å². The molecule has 45 heavy (non-hydrogen) atoms. The molecule has 2 saturated heterocycles. The largest absolute Gasteiger partial charge is 0.353 e. The van der Waals surface area contributed by atoms with Crippen LogP contribution in [0.2, 0.25) is 0 Å². The van der Waals surface area contributed by atoms with Gasteiger partial charge in [0.25, 0.3) is 10.0 Å². The third-order valence-electron chi connectivity index (χ3n) is 9.02. The summed E-state index contributed by atoms with van der Waals surface area (Å²) in [5, 5.41) is 3.76. The summed E-state index contributed by atoms with van der Waals surface area (Å²) in [5.41, 5.74) is 2.24. The minimum Gasteiger partial charge on any atom is -0.353 e. The van der Waals surface area contributed by atoms with Crippen molar-refractivity contribution in [2.45, 2.75) is 42.8 Å². The molecule has 0 saturated carbocycles. The highest BCUT2D eigenvalue weighted by Crippen LogP contribution is 2.30. The van der Waals surface area contributed by atoms with Gasteiger partial charge >= 0.3 is 0 Å². The molecule has 2 fully saturated rings. The molecule has 1 aromatic heterocycles. The molecule has 0 spiro atoms. The quantitative estimate of drug-likeness (QED) is 0.303. The number of carbonyl (C=O) groups is 2. The number of piperazine rings is 1. The number of likely N-dealkylation sites (tertiary alicyclic amines) is 1. The Bertz CT molecular complexity index is 1710. The van der Waals surface area contributed by atoms with Crippen LogP contribution in [-0.4, -0.2) is 90.7 Å². The van der Waals surface area contributed by atoms with Crippen molar-refractivity contribution in [2.24, 2.45) is 0 Å². The molecule has 2 unspecified atom stereocenters. The molecule has 0 bridgehead atoms. The van der Waals surface area contributed by atoms with Crippen molar-refractivity contribution >= 4 is 32.7 Å². The fraction of sp³-hybridized carbons (Fsp3) is 0.343. The minimum absolute atomic E-state index is 0.0263. The Morgan fingerprint density at radius 2 is 1.53 bits per heavy atom. The third-order valence-corrected chi connectivity index (χ3v) is 10.8. The number of sulfonamides is 1.